The third kappa shape index (κ3) is 11.3. The van der Waals surface area contributed by atoms with Crippen molar-refractivity contribution in [2.75, 3.05) is 33.4 Å². The Labute approximate surface area is 109 Å². The van der Waals surface area contributed by atoms with Crippen molar-refractivity contribution in [2.45, 2.75) is 32.7 Å². The summed E-state index contributed by atoms with van der Waals surface area (Å²) in [4.78, 5) is 22.7. The van der Waals surface area contributed by atoms with Gasteiger partial charge in [-0.25, -0.2) is 0 Å². The van der Waals surface area contributed by atoms with Crippen molar-refractivity contribution in [3.63, 3.8) is 0 Å². The van der Waals surface area contributed by atoms with Crippen molar-refractivity contribution in [1.29, 1.82) is 0 Å². The molecule has 6 heteroatoms. The Morgan fingerprint density at radius 3 is 2.33 bits per heavy atom. The minimum absolute atomic E-state index is 0.0187. The van der Waals surface area contributed by atoms with Gasteiger partial charge in [0.1, 0.15) is 0 Å². The minimum atomic E-state index is -0.214. The minimum Gasteiger partial charge on any atom is -0.383 e. The first-order chi connectivity index (χ1) is 8.35. The summed E-state index contributed by atoms with van der Waals surface area (Å²) in [5.41, 5.74) is -0.214. The average Bonchev–Trinajstić information content (AvgIpc) is 2.22. The molecule has 0 atom stereocenters. The Kier molecular flexibility index (Phi) is 8.32. The van der Waals surface area contributed by atoms with Crippen LogP contribution in [-0.4, -0.2) is 50.7 Å². The zero-order valence-electron chi connectivity index (χ0n) is 11.8. The first-order valence-corrected chi connectivity index (χ1v) is 6.12. The fourth-order valence-electron chi connectivity index (χ4n) is 1.24. The van der Waals surface area contributed by atoms with E-state index >= 15 is 0 Å². The third-order valence-electron chi connectivity index (χ3n) is 1.96. The quantitative estimate of drug-likeness (QED) is 0.520. The van der Waals surface area contributed by atoms with Gasteiger partial charge in [-0.3, -0.25) is 9.59 Å². The highest BCUT2D eigenvalue weighted by molar-refractivity contribution is 5.78. The molecule has 0 fully saturated rings. The molecule has 0 unspecified atom stereocenters. The maximum Gasteiger partial charge on any atom is 0.234 e. The van der Waals surface area contributed by atoms with E-state index in [9.17, 15) is 9.59 Å². The molecular weight excluding hydrogens is 234 g/mol. The summed E-state index contributed by atoms with van der Waals surface area (Å²) in [6.07, 6.45) is 0.364. The average molecular weight is 259 g/mol. The molecule has 0 spiro atoms. The lowest BCUT2D eigenvalue weighted by molar-refractivity contribution is -0.123. The van der Waals surface area contributed by atoms with Crippen molar-refractivity contribution in [3.8, 4) is 0 Å². The molecule has 0 aliphatic rings. The van der Waals surface area contributed by atoms with Gasteiger partial charge in [0.25, 0.3) is 0 Å². The van der Waals surface area contributed by atoms with E-state index in [1.54, 1.807) is 7.11 Å². The molecule has 3 N–H and O–H groups in total. The van der Waals surface area contributed by atoms with E-state index in [-0.39, 0.29) is 23.9 Å². The standard InChI is InChI=1S/C12H25N3O3/c1-12(2,3)15-10(16)5-6-13-9-11(17)14-7-8-18-4/h13H,5-9H2,1-4H3,(H,14,17)(H,15,16). The van der Waals surface area contributed by atoms with Crippen molar-refractivity contribution in [3.05, 3.63) is 0 Å². The normalized spacial score (nSPS) is 11.1. The number of hydrogen-bond acceptors (Lipinski definition) is 4. The number of ether oxygens (including phenoxy) is 1. The van der Waals surface area contributed by atoms with Crippen LogP contribution in [0.15, 0.2) is 0 Å². The van der Waals surface area contributed by atoms with E-state index < -0.39 is 0 Å². The summed E-state index contributed by atoms with van der Waals surface area (Å²) in [5, 5.41) is 8.45. The predicted molar refractivity (Wildman–Crippen MR) is 70.3 cm³/mol. The van der Waals surface area contributed by atoms with E-state index in [1.807, 2.05) is 20.8 Å². The molecule has 106 valence electrons. The van der Waals surface area contributed by atoms with Crippen LogP contribution in [0, 0.1) is 0 Å². The van der Waals surface area contributed by atoms with Gasteiger partial charge in [-0.2, -0.15) is 0 Å². The van der Waals surface area contributed by atoms with Gasteiger partial charge >= 0.3 is 0 Å². The second-order valence-electron chi connectivity index (χ2n) is 5.07. The molecule has 0 heterocycles. The number of carbonyl (C=O) groups excluding carboxylic acids is 2. The zero-order valence-corrected chi connectivity index (χ0v) is 11.8. The third-order valence-corrected chi connectivity index (χ3v) is 1.96. The Hall–Kier alpha value is -1.14. The summed E-state index contributed by atoms with van der Waals surface area (Å²) in [5.74, 6) is -0.113. The van der Waals surface area contributed by atoms with Crippen LogP contribution in [0.1, 0.15) is 27.2 Å². The molecule has 0 bridgehead atoms. The number of rotatable bonds is 8. The van der Waals surface area contributed by atoms with Crippen molar-refractivity contribution in [1.82, 2.24) is 16.0 Å². The van der Waals surface area contributed by atoms with Crippen LogP contribution in [0.25, 0.3) is 0 Å². The Bertz CT molecular complexity index is 262. The van der Waals surface area contributed by atoms with E-state index in [4.69, 9.17) is 4.74 Å². The fourth-order valence-corrected chi connectivity index (χ4v) is 1.24. The van der Waals surface area contributed by atoms with E-state index in [1.165, 1.54) is 0 Å². The number of amides is 2. The highest BCUT2D eigenvalue weighted by atomic mass is 16.5. The van der Waals surface area contributed by atoms with Crippen LogP contribution in [0.5, 0.6) is 0 Å². The first-order valence-electron chi connectivity index (χ1n) is 6.12. The lowest BCUT2D eigenvalue weighted by Crippen LogP contribution is -2.42. The van der Waals surface area contributed by atoms with Crippen LogP contribution >= 0.6 is 0 Å². The summed E-state index contributed by atoms with van der Waals surface area (Å²) in [7, 11) is 1.58. The number of carbonyl (C=O) groups is 2. The molecule has 0 aromatic heterocycles. The molecule has 0 aliphatic carbocycles. The predicted octanol–water partition coefficient (Wildman–Crippen LogP) is -0.357. The van der Waals surface area contributed by atoms with Gasteiger partial charge in [-0.1, -0.05) is 0 Å². The van der Waals surface area contributed by atoms with Crippen molar-refractivity contribution >= 4 is 11.8 Å². The van der Waals surface area contributed by atoms with Crippen molar-refractivity contribution < 1.29 is 14.3 Å². The Morgan fingerprint density at radius 2 is 1.78 bits per heavy atom. The highest BCUT2D eigenvalue weighted by Crippen LogP contribution is 1.98. The second-order valence-corrected chi connectivity index (χ2v) is 5.07. The van der Waals surface area contributed by atoms with Crippen LogP contribution in [-0.2, 0) is 14.3 Å². The molecule has 0 radical (unpaired) electrons. The molecule has 6 nitrogen and oxygen atoms in total. The van der Waals surface area contributed by atoms with E-state index in [2.05, 4.69) is 16.0 Å². The first kappa shape index (κ1) is 16.9. The molecular formula is C12H25N3O3. The van der Waals surface area contributed by atoms with Gasteiger partial charge in [0.15, 0.2) is 0 Å². The summed E-state index contributed by atoms with van der Waals surface area (Å²) >= 11 is 0. The maximum atomic E-state index is 11.4. The van der Waals surface area contributed by atoms with E-state index in [0.29, 0.717) is 26.1 Å². The van der Waals surface area contributed by atoms with Gasteiger partial charge in [-0.05, 0) is 20.8 Å². The van der Waals surface area contributed by atoms with E-state index in [0.717, 1.165) is 0 Å². The van der Waals surface area contributed by atoms with Gasteiger partial charge in [0.05, 0.1) is 13.2 Å². The van der Waals surface area contributed by atoms with Gasteiger partial charge < -0.3 is 20.7 Å². The number of methoxy groups -OCH3 is 1. The summed E-state index contributed by atoms with van der Waals surface area (Å²) in [6.45, 7) is 7.50. The van der Waals surface area contributed by atoms with Crippen LogP contribution in [0.3, 0.4) is 0 Å². The number of nitrogens with one attached hydrogen (secondary N) is 3. The summed E-state index contributed by atoms with van der Waals surface area (Å²) in [6, 6.07) is 0. The molecule has 0 saturated carbocycles. The molecule has 0 aromatic rings. The molecule has 0 saturated heterocycles. The smallest absolute Gasteiger partial charge is 0.234 e. The topological polar surface area (TPSA) is 79.5 Å². The molecule has 0 aromatic carbocycles. The zero-order chi connectivity index (χ0) is 14.0. The lowest BCUT2D eigenvalue weighted by Gasteiger charge is -2.20. The van der Waals surface area contributed by atoms with Crippen molar-refractivity contribution in [2.24, 2.45) is 0 Å². The monoisotopic (exact) mass is 259 g/mol. The number of hydrogen-bond donors (Lipinski definition) is 3. The fraction of sp³-hybridized carbons (Fsp3) is 0.833. The molecule has 0 aliphatic heterocycles. The SMILES string of the molecule is COCCNC(=O)CNCCC(=O)NC(C)(C)C. The van der Waals surface area contributed by atoms with Gasteiger partial charge in [0, 0.05) is 32.2 Å². The molecule has 2 amide bonds. The Morgan fingerprint density at radius 1 is 1.11 bits per heavy atom. The van der Waals surface area contributed by atoms with Crippen LogP contribution in [0.2, 0.25) is 0 Å². The maximum absolute atomic E-state index is 11.4. The van der Waals surface area contributed by atoms with Crippen LogP contribution in [0.4, 0.5) is 0 Å². The van der Waals surface area contributed by atoms with Gasteiger partial charge in [0.2, 0.25) is 11.8 Å². The van der Waals surface area contributed by atoms with Crippen LogP contribution < -0.4 is 16.0 Å². The lowest BCUT2D eigenvalue weighted by atomic mass is 10.1. The molecule has 18 heavy (non-hydrogen) atoms. The Balaban J connectivity index is 3.50. The second kappa shape index (κ2) is 8.88. The van der Waals surface area contributed by atoms with Gasteiger partial charge in [-0.15, -0.1) is 0 Å². The highest BCUT2D eigenvalue weighted by Gasteiger charge is 2.12. The molecule has 0 rings (SSSR count). The summed E-state index contributed by atoms with van der Waals surface area (Å²) < 4.78 is 4.81. The largest absolute Gasteiger partial charge is 0.383 e.